The Hall–Kier alpha value is -0.960. The predicted molar refractivity (Wildman–Crippen MR) is 39.6 cm³/mol. The van der Waals surface area contributed by atoms with E-state index < -0.39 is 5.82 Å². The zero-order chi connectivity index (χ0) is 7.40. The first kappa shape index (κ1) is 7.15. The molecule has 1 aromatic carbocycles. The van der Waals surface area contributed by atoms with Crippen LogP contribution >= 0.6 is 12.2 Å². The average Bonchev–Trinajstić information content (AvgIpc) is 1.94. The maximum Gasteiger partial charge on any atom is 0.245 e. The summed E-state index contributed by atoms with van der Waals surface area (Å²) in [7, 11) is 0. The van der Waals surface area contributed by atoms with E-state index in [1.165, 1.54) is 12.1 Å². The highest BCUT2D eigenvalue weighted by Crippen LogP contribution is 2.13. The van der Waals surface area contributed by atoms with Crippen LogP contribution in [0.2, 0.25) is 0 Å². The highest BCUT2D eigenvalue weighted by atomic mass is 32.1. The maximum atomic E-state index is 12.6. The fourth-order valence-corrected chi connectivity index (χ4v) is 0.662. The van der Waals surface area contributed by atoms with E-state index in [9.17, 15) is 4.39 Å². The van der Waals surface area contributed by atoms with E-state index in [4.69, 9.17) is 0 Å². The van der Waals surface area contributed by atoms with Crippen molar-refractivity contribution in [1.82, 2.24) is 0 Å². The van der Waals surface area contributed by atoms with Crippen LogP contribution in [-0.4, -0.2) is 5.55 Å². The molecule has 10 heavy (non-hydrogen) atoms. The molecule has 0 amide bonds. The Kier molecular flexibility index (Phi) is 2.34. The van der Waals surface area contributed by atoms with Crippen molar-refractivity contribution in [3.8, 4) is 5.75 Å². The van der Waals surface area contributed by atoms with E-state index >= 15 is 0 Å². The van der Waals surface area contributed by atoms with Crippen molar-refractivity contribution in [2.24, 2.45) is 0 Å². The zero-order valence-corrected chi connectivity index (χ0v) is 5.82. The van der Waals surface area contributed by atoms with E-state index in [-0.39, 0.29) is 5.75 Å². The van der Waals surface area contributed by atoms with E-state index in [1.807, 2.05) is 5.55 Å². The van der Waals surface area contributed by atoms with E-state index in [1.54, 1.807) is 12.1 Å². The number of hydrogen-bond acceptors (Lipinski definition) is 2. The summed E-state index contributed by atoms with van der Waals surface area (Å²) < 4.78 is 17.1. The molecular formula is C7H4FOS. The minimum atomic E-state index is -0.431. The summed E-state index contributed by atoms with van der Waals surface area (Å²) >= 11 is 4.25. The molecule has 0 spiro atoms. The van der Waals surface area contributed by atoms with Crippen LogP contribution in [0.15, 0.2) is 24.3 Å². The van der Waals surface area contributed by atoms with E-state index in [0.29, 0.717) is 0 Å². The van der Waals surface area contributed by atoms with Crippen molar-refractivity contribution in [2.45, 2.75) is 0 Å². The molecule has 0 aliphatic rings. The van der Waals surface area contributed by atoms with Crippen molar-refractivity contribution in [3.63, 3.8) is 0 Å². The van der Waals surface area contributed by atoms with Crippen molar-refractivity contribution in [3.05, 3.63) is 30.1 Å². The van der Waals surface area contributed by atoms with E-state index in [0.717, 1.165) is 0 Å². The highest BCUT2D eigenvalue weighted by molar-refractivity contribution is 7.78. The SMILES string of the molecule is Fc1ccccc1O[C]=S. The molecule has 0 bridgehead atoms. The number of rotatable bonds is 2. The third-order valence-electron chi connectivity index (χ3n) is 0.988. The van der Waals surface area contributed by atoms with Crippen LogP contribution in [0.1, 0.15) is 0 Å². The molecule has 0 fully saturated rings. The molecule has 0 aromatic heterocycles. The van der Waals surface area contributed by atoms with Gasteiger partial charge in [0.2, 0.25) is 5.55 Å². The molecule has 0 N–H and O–H groups in total. The maximum absolute atomic E-state index is 12.6. The molecule has 1 aromatic rings. The third kappa shape index (κ3) is 1.51. The van der Waals surface area contributed by atoms with Gasteiger partial charge in [-0.3, -0.25) is 0 Å². The smallest absolute Gasteiger partial charge is 0.245 e. The molecule has 0 atom stereocenters. The van der Waals surface area contributed by atoms with Gasteiger partial charge in [-0.15, -0.1) is 0 Å². The second-order valence-electron chi connectivity index (χ2n) is 1.62. The Morgan fingerprint density at radius 1 is 1.40 bits per heavy atom. The number of benzene rings is 1. The van der Waals surface area contributed by atoms with E-state index in [2.05, 4.69) is 17.0 Å². The van der Waals surface area contributed by atoms with Crippen molar-refractivity contribution in [1.29, 1.82) is 0 Å². The molecule has 0 unspecified atom stereocenters. The van der Waals surface area contributed by atoms with Crippen LogP contribution in [0.3, 0.4) is 0 Å². The van der Waals surface area contributed by atoms with Gasteiger partial charge in [0.05, 0.1) is 0 Å². The lowest BCUT2D eigenvalue weighted by Crippen LogP contribution is -1.88. The van der Waals surface area contributed by atoms with Gasteiger partial charge in [-0.1, -0.05) is 12.1 Å². The van der Waals surface area contributed by atoms with Gasteiger partial charge in [-0.2, -0.15) is 0 Å². The van der Waals surface area contributed by atoms with Gasteiger partial charge in [-0.05, 0) is 24.4 Å². The van der Waals surface area contributed by atoms with Gasteiger partial charge in [0.1, 0.15) is 0 Å². The minimum Gasteiger partial charge on any atom is -0.438 e. The monoisotopic (exact) mass is 155 g/mol. The molecule has 1 radical (unpaired) electrons. The second kappa shape index (κ2) is 3.27. The normalized spacial score (nSPS) is 8.90. The van der Waals surface area contributed by atoms with Crippen molar-refractivity contribution >= 4 is 17.8 Å². The van der Waals surface area contributed by atoms with Gasteiger partial charge in [-0.25, -0.2) is 4.39 Å². The number of ether oxygens (including phenoxy) is 1. The van der Waals surface area contributed by atoms with Gasteiger partial charge in [0, 0.05) is 0 Å². The minimum absolute atomic E-state index is 0.109. The summed E-state index contributed by atoms with van der Waals surface area (Å²) in [4.78, 5) is 0. The Morgan fingerprint density at radius 3 is 2.70 bits per heavy atom. The summed E-state index contributed by atoms with van der Waals surface area (Å²) in [6.07, 6.45) is 0. The lowest BCUT2D eigenvalue weighted by molar-refractivity contribution is 0.511. The molecule has 0 aliphatic carbocycles. The third-order valence-corrected chi connectivity index (χ3v) is 1.07. The van der Waals surface area contributed by atoms with Crippen LogP contribution in [0.4, 0.5) is 4.39 Å². The average molecular weight is 155 g/mol. The molecule has 1 nitrogen and oxygen atoms in total. The largest absolute Gasteiger partial charge is 0.438 e. The van der Waals surface area contributed by atoms with Crippen LogP contribution in [0, 0.1) is 5.82 Å². The van der Waals surface area contributed by atoms with Gasteiger partial charge in [0.15, 0.2) is 11.6 Å². The van der Waals surface area contributed by atoms with Crippen molar-refractivity contribution in [2.75, 3.05) is 0 Å². The Morgan fingerprint density at radius 2 is 2.10 bits per heavy atom. The fourth-order valence-electron chi connectivity index (χ4n) is 0.572. The first-order chi connectivity index (χ1) is 4.84. The molecule has 0 heterocycles. The summed E-state index contributed by atoms with van der Waals surface area (Å²) in [6, 6.07) is 6.01. The number of thiocarbonyl (C=S) groups is 1. The summed E-state index contributed by atoms with van der Waals surface area (Å²) in [5.74, 6) is -0.322. The fraction of sp³-hybridized carbons (Fsp3) is 0. The highest BCUT2D eigenvalue weighted by Gasteiger charge is 1.97. The molecule has 51 valence electrons. The van der Waals surface area contributed by atoms with Gasteiger partial charge < -0.3 is 4.74 Å². The number of hydrogen-bond donors (Lipinski definition) is 0. The Balaban J connectivity index is 2.91. The molecular weight excluding hydrogens is 151 g/mol. The van der Waals surface area contributed by atoms with Crippen LogP contribution in [0.5, 0.6) is 5.75 Å². The van der Waals surface area contributed by atoms with Crippen LogP contribution < -0.4 is 4.74 Å². The first-order valence-corrected chi connectivity index (χ1v) is 3.04. The Bertz CT molecular complexity index is 237. The van der Waals surface area contributed by atoms with Crippen LogP contribution in [0.25, 0.3) is 0 Å². The predicted octanol–water partition coefficient (Wildman–Crippen LogP) is 2.04. The van der Waals surface area contributed by atoms with Crippen LogP contribution in [-0.2, 0) is 0 Å². The second-order valence-corrected chi connectivity index (χ2v) is 1.78. The number of para-hydroxylation sites is 1. The molecule has 0 aliphatic heterocycles. The topological polar surface area (TPSA) is 9.23 Å². The molecule has 3 heteroatoms. The van der Waals surface area contributed by atoms with Crippen molar-refractivity contribution < 1.29 is 9.13 Å². The molecule has 0 saturated carbocycles. The van der Waals surface area contributed by atoms with Gasteiger partial charge in [0.25, 0.3) is 0 Å². The summed E-state index contributed by atoms with van der Waals surface area (Å²) in [5.41, 5.74) is 1.97. The lowest BCUT2D eigenvalue weighted by atomic mass is 10.3. The quantitative estimate of drug-likeness (QED) is 0.604. The standard InChI is InChI=1S/C7H4FOS/c8-6-3-1-2-4-7(6)9-5-10/h1-4H. The summed E-state index contributed by atoms with van der Waals surface area (Å²) in [5, 5.41) is 0. The zero-order valence-electron chi connectivity index (χ0n) is 5.00. The molecule has 1 rings (SSSR count). The van der Waals surface area contributed by atoms with Gasteiger partial charge >= 0.3 is 0 Å². The molecule has 0 saturated heterocycles. The number of halogens is 1. The Labute approximate surface area is 63.4 Å². The lowest BCUT2D eigenvalue weighted by Gasteiger charge is -1.96. The summed E-state index contributed by atoms with van der Waals surface area (Å²) in [6.45, 7) is 0. The first-order valence-electron chi connectivity index (χ1n) is 2.63.